The van der Waals surface area contributed by atoms with Crippen LogP contribution in [0.2, 0.25) is 0 Å². The van der Waals surface area contributed by atoms with E-state index in [-0.39, 0.29) is 0 Å². The second kappa shape index (κ2) is 11.6. The molecule has 0 spiro atoms. The summed E-state index contributed by atoms with van der Waals surface area (Å²) in [4.78, 5) is 7.43. The van der Waals surface area contributed by atoms with Gasteiger partial charge in [0.1, 0.15) is 5.82 Å². The lowest BCUT2D eigenvalue weighted by molar-refractivity contribution is 0.247. The highest BCUT2D eigenvalue weighted by Crippen LogP contribution is 2.35. The van der Waals surface area contributed by atoms with Gasteiger partial charge in [-0.05, 0) is 104 Å². The minimum Gasteiger partial charge on any atom is -0.371 e. The van der Waals surface area contributed by atoms with Crippen molar-refractivity contribution in [2.45, 2.75) is 55.9 Å². The Bertz CT molecular complexity index is 1400. The van der Waals surface area contributed by atoms with E-state index >= 15 is 0 Å². The molecule has 2 aliphatic rings. The maximum atomic E-state index is 12.0. The number of rotatable bonds is 7. The van der Waals surface area contributed by atoms with Gasteiger partial charge in [0, 0.05) is 37.3 Å². The van der Waals surface area contributed by atoms with Crippen molar-refractivity contribution in [1.82, 2.24) is 4.98 Å². The highest BCUT2D eigenvalue weighted by atomic mass is 32.2. The van der Waals surface area contributed by atoms with Gasteiger partial charge < -0.3 is 10.2 Å². The summed E-state index contributed by atoms with van der Waals surface area (Å²) in [5.41, 5.74) is 3.77. The Hall–Kier alpha value is -3.37. The lowest BCUT2D eigenvalue weighted by Gasteiger charge is -2.39. The molecule has 1 aromatic heterocycles. The zero-order valence-corrected chi connectivity index (χ0v) is 22.8. The van der Waals surface area contributed by atoms with Crippen molar-refractivity contribution < 1.29 is 8.42 Å². The number of pyridine rings is 1. The molecule has 2 heterocycles. The van der Waals surface area contributed by atoms with Crippen molar-refractivity contribution in [1.29, 1.82) is 5.26 Å². The van der Waals surface area contributed by atoms with Crippen LogP contribution in [0.3, 0.4) is 0 Å². The lowest BCUT2D eigenvalue weighted by atomic mass is 9.77. The Morgan fingerprint density at radius 2 is 1.79 bits per heavy atom. The third kappa shape index (κ3) is 6.36. The van der Waals surface area contributed by atoms with E-state index in [1.165, 1.54) is 50.5 Å². The van der Waals surface area contributed by atoms with Crippen molar-refractivity contribution >= 4 is 21.3 Å². The van der Waals surface area contributed by atoms with Gasteiger partial charge in [-0.25, -0.2) is 13.4 Å². The molecule has 6 nitrogen and oxygen atoms in total. The van der Waals surface area contributed by atoms with Gasteiger partial charge in [0.25, 0.3) is 0 Å². The average molecular weight is 529 g/mol. The molecule has 3 atom stereocenters. The van der Waals surface area contributed by atoms with Crippen LogP contribution in [0, 0.1) is 23.2 Å². The van der Waals surface area contributed by atoms with Crippen LogP contribution in [-0.2, 0) is 9.84 Å². The standard InChI is InChI=1S/C31H36N4O2S/c1-38(36,37)29-9-4-8-25(19-29)26-15-16-33-31(20-26)34-30-10-3-2-7-27(30)18-24-6-5-17-35(22-24)28-13-11-23(21-32)12-14-28/h4,8-9,11-16,19-20,24,27,30H,2-3,5-7,10,17-18,22H2,1H3,(H,33,34)/t24-,27+,30-/m1/s1. The Balaban J connectivity index is 1.26. The van der Waals surface area contributed by atoms with Gasteiger partial charge in [0.05, 0.1) is 16.5 Å². The summed E-state index contributed by atoms with van der Waals surface area (Å²) in [7, 11) is -3.26. The molecule has 7 heteroatoms. The van der Waals surface area contributed by atoms with Crippen LogP contribution >= 0.6 is 0 Å². The third-order valence-electron chi connectivity index (χ3n) is 8.11. The Kier molecular flexibility index (Phi) is 7.99. The average Bonchev–Trinajstić information content (AvgIpc) is 2.94. The van der Waals surface area contributed by atoms with E-state index < -0.39 is 9.84 Å². The van der Waals surface area contributed by atoms with Crippen LogP contribution < -0.4 is 10.2 Å². The molecule has 0 unspecified atom stereocenters. The Morgan fingerprint density at radius 1 is 1.00 bits per heavy atom. The molecular formula is C31H36N4O2S. The van der Waals surface area contributed by atoms with Crippen molar-refractivity contribution in [3.8, 4) is 17.2 Å². The fraction of sp³-hybridized carbons (Fsp3) is 0.419. The first kappa shape index (κ1) is 26.2. The van der Waals surface area contributed by atoms with Crippen LogP contribution in [-0.4, -0.2) is 38.8 Å². The van der Waals surface area contributed by atoms with Crippen molar-refractivity contribution in [2.24, 2.45) is 11.8 Å². The van der Waals surface area contributed by atoms with Crippen LogP contribution in [0.4, 0.5) is 11.5 Å². The lowest BCUT2D eigenvalue weighted by Crippen LogP contribution is -2.39. The van der Waals surface area contributed by atoms with Crippen LogP contribution in [0.15, 0.2) is 71.8 Å². The molecule has 3 aromatic rings. The molecule has 1 saturated heterocycles. The maximum Gasteiger partial charge on any atom is 0.175 e. The van der Waals surface area contributed by atoms with E-state index in [0.29, 0.717) is 28.3 Å². The number of hydrogen-bond donors (Lipinski definition) is 1. The molecule has 0 radical (unpaired) electrons. The number of nitriles is 1. The summed E-state index contributed by atoms with van der Waals surface area (Å²) in [6.07, 6.45) is 11.6. The van der Waals surface area contributed by atoms with E-state index in [0.717, 1.165) is 36.5 Å². The number of aromatic nitrogens is 1. The topological polar surface area (TPSA) is 86.1 Å². The molecule has 0 amide bonds. The SMILES string of the molecule is CS(=O)(=O)c1cccc(-c2ccnc(N[C@@H]3CCCC[C@H]3C[C@H]3CCCN(c4ccc(C#N)cc4)C3)c2)c1. The van der Waals surface area contributed by atoms with Gasteiger partial charge in [-0.1, -0.05) is 25.0 Å². The Labute approximate surface area is 226 Å². The summed E-state index contributed by atoms with van der Waals surface area (Å²) in [6.45, 7) is 2.14. The highest BCUT2D eigenvalue weighted by Gasteiger charge is 2.30. The summed E-state index contributed by atoms with van der Waals surface area (Å²) in [6, 6.07) is 21.7. The zero-order chi connectivity index (χ0) is 26.5. The van der Waals surface area contributed by atoms with Gasteiger partial charge in [0.2, 0.25) is 0 Å². The first-order valence-corrected chi connectivity index (χ1v) is 15.6. The monoisotopic (exact) mass is 528 g/mol. The van der Waals surface area contributed by atoms with E-state index in [2.05, 4.69) is 33.4 Å². The summed E-state index contributed by atoms with van der Waals surface area (Å²) in [5.74, 6) is 2.12. The molecule has 1 aliphatic heterocycles. The minimum absolute atomic E-state index is 0.330. The van der Waals surface area contributed by atoms with Gasteiger partial charge in [-0.15, -0.1) is 0 Å². The maximum absolute atomic E-state index is 12.0. The zero-order valence-electron chi connectivity index (χ0n) is 22.0. The van der Waals surface area contributed by atoms with Gasteiger partial charge in [-0.2, -0.15) is 5.26 Å². The fourth-order valence-electron chi connectivity index (χ4n) is 6.13. The summed E-state index contributed by atoms with van der Waals surface area (Å²) < 4.78 is 24.1. The normalized spacial score (nSPS) is 22.0. The molecule has 5 rings (SSSR count). The van der Waals surface area contributed by atoms with E-state index in [4.69, 9.17) is 5.26 Å². The number of anilines is 2. The predicted molar refractivity (Wildman–Crippen MR) is 153 cm³/mol. The summed E-state index contributed by atoms with van der Waals surface area (Å²) >= 11 is 0. The number of sulfone groups is 1. The Morgan fingerprint density at radius 3 is 2.58 bits per heavy atom. The predicted octanol–water partition coefficient (Wildman–Crippen LogP) is 6.30. The van der Waals surface area contributed by atoms with Crippen LogP contribution in [0.1, 0.15) is 50.5 Å². The van der Waals surface area contributed by atoms with Crippen LogP contribution in [0.5, 0.6) is 0 Å². The van der Waals surface area contributed by atoms with Crippen molar-refractivity contribution in [3.63, 3.8) is 0 Å². The quantitative estimate of drug-likeness (QED) is 0.387. The fourth-order valence-corrected chi connectivity index (χ4v) is 6.80. The molecule has 1 saturated carbocycles. The number of piperidine rings is 1. The number of nitrogens with zero attached hydrogens (tertiary/aromatic N) is 3. The molecule has 1 N–H and O–H groups in total. The molecule has 0 bridgehead atoms. The highest BCUT2D eigenvalue weighted by molar-refractivity contribution is 7.90. The van der Waals surface area contributed by atoms with Crippen molar-refractivity contribution in [2.75, 3.05) is 29.6 Å². The third-order valence-corrected chi connectivity index (χ3v) is 9.22. The largest absolute Gasteiger partial charge is 0.371 e. The number of benzene rings is 2. The number of nitrogens with one attached hydrogen (secondary N) is 1. The molecule has 1 aliphatic carbocycles. The first-order chi connectivity index (χ1) is 18.4. The van der Waals surface area contributed by atoms with Gasteiger partial charge in [-0.3, -0.25) is 0 Å². The second-order valence-electron chi connectivity index (χ2n) is 10.9. The molecular weight excluding hydrogens is 492 g/mol. The van der Waals surface area contributed by atoms with Gasteiger partial charge >= 0.3 is 0 Å². The first-order valence-electron chi connectivity index (χ1n) is 13.7. The minimum atomic E-state index is -3.26. The van der Waals surface area contributed by atoms with E-state index in [9.17, 15) is 8.42 Å². The van der Waals surface area contributed by atoms with Crippen molar-refractivity contribution in [3.05, 3.63) is 72.4 Å². The molecule has 2 aromatic carbocycles. The summed E-state index contributed by atoms with van der Waals surface area (Å²) in [5, 5.41) is 12.9. The number of hydrogen-bond acceptors (Lipinski definition) is 6. The van der Waals surface area contributed by atoms with Crippen LogP contribution in [0.25, 0.3) is 11.1 Å². The van der Waals surface area contributed by atoms with Gasteiger partial charge in [0.15, 0.2) is 9.84 Å². The molecule has 2 fully saturated rings. The second-order valence-corrected chi connectivity index (χ2v) is 12.9. The van der Waals surface area contributed by atoms with E-state index in [1.807, 2.05) is 30.3 Å². The van der Waals surface area contributed by atoms with E-state index in [1.54, 1.807) is 24.4 Å². The smallest absolute Gasteiger partial charge is 0.175 e. The molecule has 38 heavy (non-hydrogen) atoms. The molecule has 198 valence electrons.